The summed E-state index contributed by atoms with van der Waals surface area (Å²) < 4.78 is 10.9. The van der Waals surface area contributed by atoms with Crippen LogP contribution >= 0.6 is 33.0 Å². The fourth-order valence-electron chi connectivity index (χ4n) is 2.95. The van der Waals surface area contributed by atoms with Crippen molar-refractivity contribution in [3.8, 4) is 0 Å². The van der Waals surface area contributed by atoms with Gasteiger partial charge in [-0.2, -0.15) is 14.2 Å². The average molecular weight is 805 g/mol. The lowest BCUT2D eigenvalue weighted by molar-refractivity contribution is -0.605. The molecule has 5 N–H and O–H groups in total. The van der Waals surface area contributed by atoms with E-state index in [0.29, 0.717) is 31.9 Å². The second-order valence-corrected chi connectivity index (χ2v) is 11.5. The summed E-state index contributed by atoms with van der Waals surface area (Å²) in [4.78, 5) is 34.5. The maximum absolute atomic E-state index is 12.1. The molecule has 0 aliphatic rings. The van der Waals surface area contributed by atoms with Crippen LogP contribution in [0.15, 0.2) is 73.6 Å². The molecular weight excluding hydrogens is 749 g/mol. The molecular formula is C32H56Cl3N7O8S. The molecule has 19 heteroatoms. The van der Waals surface area contributed by atoms with Gasteiger partial charge in [-0.05, 0) is 31.6 Å². The van der Waals surface area contributed by atoms with Crippen LogP contribution in [0.2, 0.25) is 0 Å². The molecule has 0 saturated carbocycles. The van der Waals surface area contributed by atoms with Crippen molar-refractivity contribution in [1.29, 1.82) is 0 Å². The number of carbonyl (C=O) groups is 3. The standard InChI is InChI=1S/C12H19N3O2.C6H4ClNO2.C6H5NO3.C4H12N2.4CH4.Cl2OS/c1-3-7-14(10-6-13-2)12(16)11-4-8-15(17)9-5-11;7-6(9)5-1-3-8(10)4-2-5;8-6(9)5-1-3-7(10)4-2-5;1-2-6-4-3-5;;;;;1-4(2)3/h4-5,8-9,13H,3,6-7,10H2,1-2H3;1-4H;1-4H,(H,8,9);6H,2-5H2,1H3;4*1H4;. The Hall–Kier alpha value is -3.64. The van der Waals surface area contributed by atoms with E-state index in [1.165, 1.54) is 49.1 Å². The summed E-state index contributed by atoms with van der Waals surface area (Å²) in [5.74, 6) is -1.05. The van der Waals surface area contributed by atoms with Gasteiger partial charge in [0.1, 0.15) is 0 Å². The number of amides is 1. The van der Waals surface area contributed by atoms with Gasteiger partial charge in [-0.1, -0.05) is 43.6 Å². The van der Waals surface area contributed by atoms with Gasteiger partial charge in [0.25, 0.3) is 11.1 Å². The minimum atomic E-state index is -1.67. The third-order valence-electron chi connectivity index (χ3n) is 5.11. The summed E-state index contributed by atoms with van der Waals surface area (Å²) in [6.45, 7) is 8.98. The number of rotatable bonds is 11. The van der Waals surface area contributed by atoms with Crippen LogP contribution in [0.3, 0.4) is 0 Å². The highest BCUT2D eigenvalue weighted by Crippen LogP contribution is 2.03. The number of aromatic carboxylic acids is 1. The van der Waals surface area contributed by atoms with E-state index in [1.54, 1.807) is 17.0 Å². The van der Waals surface area contributed by atoms with Crippen molar-refractivity contribution < 1.29 is 37.9 Å². The Morgan fingerprint density at radius 3 is 1.43 bits per heavy atom. The molecule has 0 saturated heterocycles. The van der Waals surface area contributed by atoms with Crippen LogP contribution < -0.4 is 30.6 Å². The first kappa shape index (κ1) is 59.5. The number of pyridine rings is 3. The Morgan fingerprint density at radius 1 is 0.784 bits per heavy atom. The molecule has 0 aromatic carbocycles. The van der Waals surface area contributed by atoms with Gasteiger partial charge < -0.3 is 42.0 Å². The number of likely N-dealkylation sites (N-methyl/N-ethyl adjacent to an activating group) is 2. The van der Waals surface area contributed by atoms with Crippen LogP contribution in [0, 0.1) is 15.6 Å². The maximum Gasteiger partial charge on any atom is 0.336 e. The molecule has 0 bridgehead atoms. The fraction of sp³-hybridized carbons (Fsp3) is 0.438. The number of hydrogen-bond donors (Lipinski definition) is 4. The number of carboxylic acids is 1. The number of aromatic nitrogens is 3. The van der Waals surface area contributed by atoms with Gasteiger partial charge in [0.05, 0.1) is 11.1 Å². The summed E-state index contributed by atoms with van der Waals surface area (Å²) in [6.07, 6.45) is 8.33. The lowest BCUT2D eigenvalue weighted by Gasteiger charge is -2.21. The second kappa shape index (κ2) is 37.6. The number of hydrogen-bond acceptors (Lipinski definition) is 10. The topological polar surface area (TPSA) is 223 Å². The molecule has 0 fully saturated rings. The summed E-state index contributed by atoms with van der Waals surface area (Å²) in [5.41, 5.74) is 6.15. The summed E-state index contributed by atoms with van der Waals surface area (Å²) >= 11 is 5.11. The zero-order chi connectivity index (χ0) is 36.2. The van der Waals surface area contributed by atoms with Crippen molar-refractivity contribution in [2.75, 3.05) is 46.3 Å². The van der Waals surface area contributed by atoms with Crippen LogP contribution in [0.1, 0.15) is 81.0 Å². The summed E-state index contributed by atoms with van der Waals surface area (Å²) in [6, 6.07) is 8.32. The number of nitrogens with one attached hydrogen (secondary N) is 2. The fourth-order valence-corrected chi connectivity index (χ4v) is 3.07. The van der Waals surface area contributed by atoms with E-state index in [2.05, 4.69) is 38.9 Å². The molecule has 0 aliphatic heterocycles. The van der Waals surface area contributed by atoms with Crippen molar-refractivity contribution in [1.82, 2.24) is 15.5 Å². The molecule has 3 aromatic rings. The lowest BCUT2D eigenvalue weighted by Crippen LogP contribution is -2.37. The van der Waals surface area contributed by atoms with Crippen molar-refractivity contribution in [2.45, 2.75) is 50.0 Å². The first-order valence-corrected chi connectivity index (χ1v) is 17.0. The van der Waals surface area contributed by atoms with Gasteiger partial charge in [-0.3, -0.25) is 9.59 Å². The molecule has 0 radical (unpaired) electrons. The molecule has 51 heavy (non-hydrogen) atoms. The smallest absolute Gasteiger partial charge is 0.336 e. The number of nitrogens with zero attached hydrogens (tertiary/aromatic N) is 4. The highest BCUT2D eigenvalue weighted by Gasteiger charge is 2.15. The Bertz CT molecular complexity index is 1250. The third kappa shape index (κ3) is 33.3. The SMILES string of the molecule is C.C.C.C.CCCN(CCNC)C(=O)c1cc[n+]([O-])cc1.CCNCCN.O=C(Cl)c1cc[n+]([O-])cc1.O=C(O)c1cc[n+]([O-])cc1.O=S(Cl)Cl. The molecule has 0 spiro atoms. The van der Waals surface area contributed by atoms with E-state index in [9.17, 15) is 30.0 Å². The van der Waals surface area contributed by atoms with Gasteiger partial charge in [0, 0.05) is 96.1 Å². The Balaban J connectivity index is -0.000000131. The van der Waals surface area contributed by atoms with Crippen LogP contribution in [-0.4, -0.2) is 77.7 Å². The van der Waals surface area contributed by atoms with E-state index < -0.39 is 20.4 Å². The quantitative estimate of drug-likeness (QED) is 0.0928. The molecule has 3 heterocycles. The first-order valence-electron chi connectivity index (χ1n) is 13.8. The highest BCUT2D eigenvalue weighted by molar-refractivity contribution is 8.26. The number of carboxylic acid groups (broad SMARTS) is 1. The van der Waals surface area contributed by atoms with Crippen LogP contribution in [0.5, 0.6) is 0 Å². The van der Waals surface area contributed by atoms with Crippen LogP contribution in [0.4, 0.5) is 0 Å². The first-order chi connectivity index (χ1) is 22.2. The molecule has 0 unspecified atom stereocenters. The summed E-state index contributed by atoms with van der Waals surface area (Å²) in [5, 5.41) is 45.6. The van der Waals surface area contributed by atoms with Gasteiger partial charge in [0.15, 0.2) is 37.2 Å². The minimum absolute atomic E-state index is 0. The van der Waals surface area contributed by atoms with Crippen LogP contribution in [-0.2, 0) is 9.23 Å². The molecule has 294 valence electrons. The zero-order valence-corrected chi connectivity index (χ0v) is 29.2. The van der Waals surface area contributed by atoms with E-state index in [4.69, 9.17) is 26.7 Å². The number of halogens is 3. The molecule has 0 atom stereocenters. The lowest BCUT2D eigenvalue weighted by atomic mass is 10.2. The van der Waals surface area contributed by atoms with Gasteiger partial charge in [-0.25, -0.2) is 9.00 Å². The predicted molar refractivity (Wildman–Crippen MR) is 208 cm³/mol. The molecule has 3 aromatic heterocycles. The van der Waals surface area contributed by atoms with Crippen molar-refractivity contribution in [3.05, 3.63) is 106 Å². The largest absolute Gasteiger partial charge is 0.619 e. The number of carbonyl (C=O) groups excluding carboxylic acids is 2. The zero-order valence-electron chi connectivity index (χ0n) is 26.1. The van der Waals surface area contributed by atoms with Crippen molar-refractivity contribution in [2.24, 2.45) is 5.73 Å². The molecule has 1 amide bonds. The molecule has 15 nitrogen and oxygen atoms in total. The van der Waals surface area contributed by atoms with E-state index >= 15 is 0 Å². The highest BCUT2D eigenvalue weighted by atomic mass is 36.0. The predicted octanol–water partition coefficient (Wildman–Crippen LogP) is 4.25. The van der Waals surface area contributed by atoms with Gasteiger partial charge in [-0.15, -0.1) is 0 Å². The van der Waals surface area contributed by atoms with Crippen molar-refractivity contribution in [3.63, 3.8) is 0 Å². The van der Waals surface area contributed by atoms with Crippen molar-refractivity contribution >= 4 is 59.3 Å². The third-order valence-corrected chi connectivity index (χ3v) is 5.33. The minimum Gasteiger partial charge on any atom is -0.619 e. The Morgan fingerprint density at radius 2 is 1.16 bits per heavy atom. The average Bonchev–Trinajstić information content (AvgIpc) is 3.03. The Labute approximate surface area is 319 Å². The Kier molecular flexibility index (Phi) is 43.9. The van der Waals surface area contributed by atoms with E-state index in [1.807, 2.05) is 14.0 Å². The normalized spacial score (nSPS) is 8.78. The van der Waals surface area contributed by atoms with Crippen LogP contribution in [0.25, 0.3) is 0 Å². The summed E-state index contributed by atoms with van der Waals surface area (Å²) in [7, 11) is 9.22. The maximum atomic E-state index is 12.1. The molecule has 0 aliphatic carbocycles. The number of nitrogens with two attached hydrogens (primary N) is 1. The van der Waals surface area contributed by atoms with Gasteiger partial charge >= 0.3 is 5.97 Å². The second-order valence-electron chi connectivity index (χ2n) is 8.64. The molecule has 3 rings (SSSR count). The van der Waals surface area contributed by atoms with E-state index in [-0.39, 0.29) is 41.2 Å². The monoisotopic (exact) mass is 803 g/mol. The van der Waals surface area contributed by atoms with Gasteiger partial charge in [0.2, 0.25) is 9.23 Å². The van der Waals surface area contributed by atoms with E-state index in [0.717, 1.165) is 51.5 Å².